The number of aryl methyl sites for hydroxylation is 1. The van der Waals surface area contributed by atoms with Gasteiger partial charge in [-0.25, -0.2) is 0 Å². The molecule has 0 aliphatic carbocycles. The molecule has 1 N–H and O–H groups in total. The number of likely N-dealkylation sites (tertiary alicyclic amines) is 1. The van der Waals surface area contributed by atoms with Crippen molar-refractivity contribution in [2.24, 2.45) is 5.92 Å². The van der Waals surface area contributed by atoms with E-state index >= 15 is 0 Å². The van der Waals surface area contributed by atoms with E-state index in [4.69, 9.17) is 0 Å². The van der Waals surface area contributed by atoms with Gasteiger partial charge < -0.3 is 10.2 Å². The number of hydrogen-bond donors (Lipinski definition) is 1. The summed E-state index contributed by atoms with van der Waals surface area (Å²) < 4.78 is 2.06. The van der Waals surface area contributed by atoms with Gasteiger partial charge in [-0.3, -0.25) is 4.68 Å². The minimum Gasteiger partial charge on any atom is -0.366 e. The van der Waals surface area contributed by atoms with Gasteiger partial charge in [-0.15, -0.1) is 0 Å². The van der Waals surface area contributed by atoms with E-state index in [9.17, 15) is 0 Å². The van der Waals surface area contributed by atoms with Crippen LogP contribution in [0.2, 0.25) is 0 Å². The summed E-state index contributed by atoms with van der Waals surface area (Å²) in [5, 5.41) is 8.21. The molecule has 1 aromatic rings. The number of piperidine rings is 1. The fraction of sp³-hybridized carbons (Fsp3) is 0.812. The van der Waals surface area contributed by atoms with Crippen LogP contribution >= 0.6 is 0 Å². The van der Waals surface area contributed by atoms with Crippen LogP contribution in [0, 0.1) is 5.92 Å². The smallest absolute Gasteiger partial charge is 0.148 e. The van der Waals surface area contributed by atoms with Gasteiger partial charge in [0.05, 0.1) is 0 Å². The van der Waals surface area contributed by atoms with E-state index in [1.54, 1.807) is 0 Å². The van der Waals surface area contributed by atoms with E-state index in [1.807, 2.05) is 0 Å². The SMILES string of the molecule is CC(C)CCn1ccc(NC2CCN(C(C)C)CC2)n1. The van der Waals surface area contributed by atoms with E-state index in [2.05, 4.69) is 60.0 Å². The Morgan fingerprint density at radius 2 is 1.95 bits per heavy atom. The van der Waals surface area contributed by atoms with Gasteiger partial charge in [-0.2, -0.15) is 5.10 Å². The average molecular weight is 278 g/mol. The molecule has 4 heteroatoms. The Kier molecular flexibility index (Phi) is 5.46. The molecule has 0 spiro atoms. The summed E-state index contributed by atoms with van der Waals surface area (Å²) in [5.41, 5.74) is 0. The summed E-state index contributed by atoms with van der Waals surface area (Å²) in [6.07, 6.45) is 5.72. The highest BCUT2D eigenvalue weighted by Crippen LogP contribution is 2.17. The van der Waals surface area contributed by atoms with Crippen LogP contribution in [0.25, 0.3) is 0 Å². The second kappa shape index (κ2) is 7.11. The Bertz CT molecular complexity index is 389. The standard InChI is InChI=1S/C16H30N4/c1-13(2)5-11-20-12-8-16(18-20)17-15-6-9-19(10-7-15)14(3)4/h8,12-15H,5-7,9-11H2,1-4H3,(H,17,18). The van der Waals surface area contributed by atoms with Crippen LogP contribution in [0.15, 0.2) is 12.3 Å². The Hall–Kier alpha value is -1.03. The maximum atomic E-state index is 4.62. The van der Waals surface area contributed by atoms with Crippen molar-refractivity contribution in [1.82, 2.24) is 14.7 Å². The Morgan fingerprint density at radius 3 is 2.55 bits per heavy atom. The van der Waals surface area contributed by atoms with Gasteiger partial charge >= 0.3 is 0 Å². The summed E-state index contributed by atoms with van der Waals surface area (Å²) in [6.45, 7) is 12.5. The quantitative estimate of drug-likeness (QED) is 0.867. The molecule has 0 amide bonds. The van der Waals surface area contributed by atoms with Crippen molar-refractivity contribution in [2.45, 2.75) is 65.6 Å². The van der Waals surface area contributed by atoms with E-state index in [0.717, 1.165) is 18.3 Å². The topological polar surface area (TPSA) is 33.1 Å². The van der Waals surface area contributed by atoms with Gasteiger partial charge in [0.1, 0.15) is 5.82 Å². The van der Waals surface area contributed by atoms with Crippen molar-refractivity contribution in [1.29, 1.82) is 0 Å². The maximum absolute atomic E-state index is 4.62. The zero-order valence-corrected chi connectivity index (χ0v) is 13.5. The van der Waals surface area contributed by atoms with Crippen LogP contribution in [0.3, 0.4) is 0 Å². The molecule has 4 nitrogen and oxygen atoms in total. The van der Waals surface area contributed by atoms with Gasteiger partial charge in [-0.05, 0) is 39.0 Å². The molecule has 2 rings (SSSR count). The Balaban J connectivity index is 1.77. The summed E-state index contributed by atoms with van der Waals surface area (Å²) in [5.74, 6) is 1.77. The fourth-order valence-corrected chi connectivity index (χ4v) is 2.72. The lowest BCUT2D eigenvalue weighted by Gasteiger charge is -2.34. The average Bonchev–Trinajstić information content (AvgIpc) is 2.84. The largest absolute Gasteiger partial charge is 0.366 e. The molecule has 1 aliphatic rings. The normalized spacial score (nSPS) is 18.1. The van der Waals surface area contributed by atoms with Crippen molar-refractivity contribution in [3.05, 3.63) is 12.3 Å². The summed E-state index contributed by atoms with van der Waals surface area (Å²) in [4.78, 5) is 2.55. The third-order valence-corrected chi connectivity index (χ3v) is 4.19. The molecule has 20 heavy (non-hydrogen) atoms. The maximum Gasteiger partial charge on any atom is 0.148 e. The van der Waals surface area contributed by atoms with Crippen molar-refractivity contribution >= 4 is 5.82 Å². The monoisotopic (exact) mass is 278 g/mol. The zero-order valence-electron chi connectivity index (χ0n) is 13.5. The zero-order chi connectivity index (χ0) is 14.5. The fourth-order valence-electron chi connectivity index (χ4n) is 2.72. The van der Waals surface area contributed by atoms with Crippen LogP contribution in [-0.4, -0.2) is 39.9 Å². The molecule has 0 saturated carbocycles. The van der Waals surface area contributed by atoms with Gasteiger partial charge in [0.2, 0.25) is 0 Å². The van der Waals surface area contributed by atoms with Crippen molar-refractivity contribution < 1.29 is 0 Å². The number of nitrogens with zero attached hydrogens (tertiary/aromatic N) is 3. The van der Waals surface area contributed by atoms with E-state index in [1.165, 1.54) is 32.4 Å². The lowest BCUT2D eigenvalue weighted by atomic mass is 10.0. The summed E-state index contributed by atoms with van der Waals surface area (Å²) in [7, 11) is 0. The van der Waals surface area contributed by atoms with Crippen molar-refractivity contribution in [3.63, 3.8) is 0 Å². The minimum atomic E-state index is 0.582. The highest BCUT2D eigenvalue weighted by atomic mass is 15.3. The molecule has 0 bridgehead atoms. The first-order valence-corrected chi connectivity index (χ1v) is 8.08. The van der Waals surface area contributed by atoms with Crippen LogP contribution in [0.5, 0.6) is 0 Å². The highest BCUT2D eigenvalue weighted by molar-refractivity contribution is 5.33. The molecule has 1 aliphatic heterocycles. The Labute approximate surface area is 123 Å². The van der Waals surface area contributed by atoms with Crippen LogP contribution < -0.4 is 5.32 Å². The molecule has 2 heterocycles. The molecule has 0 unspecified atom stereocenters. The number of nitrogens with one attached hydrogen (secondary N) is 1. The predicted molar refractivity (Wildman–Crippen MR) is 85.0 cm³/mol. The van der Waals surface area contributed by atoms with Crippen LogP contribution in [0.4, 0.5) is 5.82 Å². The van der Waals surface area contributed by atoms with Gasteiger partial charge in [0.25, 0.3) is 0 Å². The van der Waals surface area contributed by atoms with Crippen molar-refractivity contribution in [2.75, 3.05) is 18.4 Å². The first-order chi connectivity index (χ1) is 9.54. The van der Waals surface area contributed by atoms with E-state index in [-0.39, 0.29) is 0 Å². The summed E-state index contributed by atoms with van der Waals surface area (Å²) >= 11 is 0. The molecular weight excluding hydrogens is 248 g/mol. The molecular formula is C16H30N4. The molecule has 1 fully saturated rings. The second-order valence-corrected chi connectivity index (χ2v) is 6.69. The van der Waals surface area contributed by atoms with E-state index in [0.29, 0.717) is 12.1 Å². The molecule has 1 saturated heterocycles. The first kappa shape index (κ1) is 15.4. The summed E-state index contributed by atoms with van der Waals surface area (Å²) in [6, 6.07) is 3.36. The Morgan fingerprint density at radius 1 is 1.25 bits per heavy atom. The third-order valence-electron chi connectivity index (χ3n) is 4.19. The third kappa shape index (κ3) is 4.51. The molecule has 114 valence electrons. The number of anilines is 1. The number of rotatable bonds is 6. The van der Waals surface area contributed by atoms with Gasteiger partial charge in [-0.1, -0.05) is 13.8 Å². The highest BCUT2D eigenvalue weighted by Gasteiger charge is 2.20. The van der Waals surface area contributed by atoms with Crippen molar-refractivity contribution in [3.8, 4) is 0 Å². The predicted octanol–water partition coefficient (Wildman–Crippen LogP) is 3.21. The second-order valence-electron chi connectivity index (χ2n) is 6.69. The minimum absolute atomic E-state index is 0.582. The number of aromatic nitrogens is 2. The van der Waals surface area contributed by atoms with Crippen LogP contribution in [-0.2, 0) is 6.54 Å². The van der Waals surface area contributed by atoms with Crippen LogP contribution in [0.1, 0.15) is 47.0 Å². The molecule has 0 atom stereocenters. The van der Waals surface area contributed by atoms with E-state index < -0.39 is 0 Å². The molecule has 0 radical (unpaired) electrons. The van der Waals surface area contributed by atoms with Gasteiger partial charge in [0.15, 0.2) is 0 Å². The lowest BCUT2D eigenvalue weighted by Crippen LogP contribution is -2.42. The molecule has 0 aromatic carbocycles. The van der Waals surface area contributed by atoms with Gasteiger partial charge in [0, 0.05) is 44.0 Å². The molecule has 1 aromatic heterocycles. The first-order valence-electron chi connectivity index (χ1n) is 8.08. The number of hydrogen-bond acceptors (Lipinski definition) is 3. The lowest BCUT2D eigenvalue weighted by molar-refractivity contribution is 0.177.